The van der Waals surface area contributed by atoms with Gasteiger partial charge in [-0.15, -0.1) is 5.10 Å². The average molecular weight is 426 g/mol. The maximum Gasteiger partial charge on any atom is 0.344 e. The monoisotopic (exact) mass is 425 g/mol. The van der Waals surface area contributed by atoms with E-state index in [9.17, 15) is 9.59 Å². The number of aromatic nitrogens is 3. The first-order valence-electron chi connectivity index (χ1n) is 9.02. The van der Waals surface area contributed by atoms with Crippen molar-refractivity contribution in [2.75, 3.05) is 6.61 Å². The Bertz CT molecular complexity index is 1250. The lowest BCUT2D eigenvalue weighted by Gasteiger charge is -2.08. The summed E-state index contributed by atoms with van der Waals surface area (Å²) in [6.45, 7) is 0.0387. The number of carbonyl (C=O) groups excluding carboxylic acids is 1. The molecule has 0 unspecified atom stereocenters. The molecule has 2 heterocycles. The first-order valence-corrected chi connectivity index (χ1v) is 9.40. The quantitative estimate of drug-likeness (QED) is 0.331. The summed E-state index contributed by atoms with van der Waals surface area (Å²) in [6.07, 6.45) is 1.67. The fourth-order valence-corrected chi connectivity index (χ4v) is 3.01. The van der Waals surface area contributed by atoms with Crippen LogP contribution in [0.15, 0.2) is 70.0 Å². The number of esters is 1. The van der Waals surface area contributed by atoms with Gasteiger partial charge < -0.3 is 13.9 Å². The number of rotatable bonds is 7. The number of nitrogens with zero attached hydrogens (tertiary/aromatic N) is 3. The standard InChI is InChI=1S/C21H16ClN3O5/c22-17-7-3-1-5-14(17)10-25-11-15(23-24-25)12-29-21(27)13-28-19-9-20(26)30-18-8-4-2-6-16(18)19/h1-9,11H,10,12-13H2. The predicted molar refractivity (Wildman–Crippen MR) is 108 cm³/mol. The molecule has 0 saturated carbocycles. The minimum absolute atomic E-state index is 0.0532. The van der Waals surface area contributed by atoms with Crippen LogP contribution in [0.2, 0.25) is 5.02 Å². The second kappa shape index (κ2) is 8.79. The normalized spacial score (nSPS) is 10.8. The van der Waals surface area contributed by atoms with Crippen molar-refractivity contribution in [2.45, 2.75) is 13.2 Å². The summed E-state index contributed by atoms with van der Waals surface area (Å²) in [5.74, 6) is -0.350. The number of hydrogen-bond donors (Lipinski definition) is 0. The Morgan fingerprint density at radius 1 is 1.13 bits per heavy atom. The molecule has 2 aromatic heterocycles. The average Bonchev–Trinajstić information content (AvgIpc) is 3.19. The van der Waals surface area contributed by atoms with Crippen molar-refractivity contribution < 1.29 is 18.7 Å². The third-order valence-electron chi connectivity index (χ3n) is 4.21. The number of para-hydroxylation sites is 1. The van der Waals surface area contributed by atoms with Gasteiger partial charge in [0.15, 0.2) is 6.61 Å². The lowest BCUT2D eigenvalue weighted by molar-refractivity contribution is -0.147. The van der Waals surface area contributed by atoms with E-state index in [0.717, 1.165) is 5.56 Å². The van der Waals surface area contributed by atoms with Gasteiger partial charge in [0, 0.05) is 5.02 Å². The fraction of sp³-hybridized carbons (Fsp3) is 0.143. The van der Waals surface area contributed by atoms with E-state index >= 15 is 0 Å². The molecule has 30 heavy (non-hydrogen) atoms. The van der Waals surface area contributed by atoms with Gasteiger partial charge in [0.2, 0.25) is 0 Å². The van der Waals surface area contributed by atoms with Crippen molar-refractivity contribution in [3.05, 3.63) is 87.5 Å². The Morgan fingerprint density at radius 2 is 1.93 bits per heavy atom. The SMILES string of the molecule is O=C(COc1cc(=O)oc2ccccc12)OCc1cn(Cc2ccccc2Cl)nn1. The fourth-order valence-electron chi connectivity index (χ4n) is 2.82. The predicted octanol–water partition coefficient (Wildman–Crippen LogP) is 3.21. The summed E-state index contributed by atoms with van der Waals surface area (Å²) in [5.41, 5.74) is 1.21. The second-order valence-electron chi connectivity index (χ2n) is 6.37. The molecule has 9 heteroatoms. The van der Waals surface area contributed by atoms with E-state index in [0.29, 0.717) is 28.2 Å². The zero-order valence-corrected chi connectivity index (χ0v) is 16.4. The van der Waals surface area contributed by atoms with Crippen molar-refractivity contribution in [1.29, 1.82) is 0 Å². The van der Waals surface area contributed by atoms with Crippen LogP contribution in [0.25, 0.3) is 11.0 Å². The van der Waals surface area contributed by atoms with Gasteiger partial charge in [-0.1, -0.05) is 47.1 Å². The smallest absolute Gasteiger partial charge is 0.344 e. The van der Waals surface area contributed by atoms with Crippen LogP contribution in [0.5, 0.6) is 5.75 Å². The Kier molecular flexibility index (Phi) is 5.76. The number of benzene rings is 2. The first kappa shape index (κ1) is 19.7. The Morgan fingerprint density at radius 3 is 2.80 bits per heavy atom. The van der Waals surface area contributed by atoms with Crippen LogP contribution in [0.4, 0.5) is 0 Å². The zero-order chi connectivity index (χ0) is 20.9. The molecule has 0 aliphatic carbocycles. The van der Waals surface area contributed by atoms with E-state index in [1.807, 2.05) is 18.2 Å². The summed E-state index contributed by atoms with van der Waals surface area (Å²) in [7, 11) is 0. The molecule has 0 N–H and O–H groups in total. The topological polar surface area (TPSA) is 96.5 Å². The largest absolute Gasteiger partial charge is 0.481 e. The van der Waals surface area contributed by atoms with E-state index in [4.69, 9.17) is 25.5 Å². The van der Waals surface area contributed by atoms with Crippen LogP contribution >= 0.6 is 11.6 Å². The summed E-state index contributed by atoms with van der Waals surface area (Å²) in [6, 6.07) is 15.5. The van der Waals surface area contributed by atoms with Gasteiger partial charge in [0.25, 0.3) is 0 Å². The summed E-state index contributed by atoms with van der Waals surface area (Å²) in [5, 5.41) is 9.22. The minimum Gasteiger partial charge on any atom is -0.481 e. The van der Waals surface area contributed by atoms with Gasteiger partial charge in [0.1, 0.15) is 23.6 Å². The molecule has 0 aliphatic rings. The van der Waals surface area contributed by atoms with Gasteiger partial charge in [0.05, 0.1) is 24.2 Å². The molecule has 0 spiro atoms. The third-order valence-corrected chi connectivity index (χ3v) is 4.58. The van der Waals surface area contributed by atoms with E-state index in [-0.39, 0.29) is 19.0 Å². The number of fused-ring (bicyclic) bond motifs is 1. The molecule has 0 fully saturated rings. The van der Waals surface area contributed by atoms with Crippen LogP contribution in [-0.2, 0) is 22.7 Å². The highest BCUT2D eigenvalue weighted by atomic mass is 35.5. The second-order valence-corrected chi connectivity index (χ2v) is 6.78. The Hall–Kier alpha value is -3.65. The molecule has 0 aliphatic heterocycles. The highest BCUT2D eigenvalue weighted by molar-refractivity contribution is 6.31. The Labute approximate surface area is 175 Å². The van der Waals surface area contributed by atoms with Crippen LogP contribution in [0.3, 0.4) is 0 Å². The highest BCUT2D eigenvalue weighted by Gasteiger charge is 2.11. The lowest BCUT2D eigenvalue weighted by Crippen LogP contribution is -2.15. The van der Waals surface area contributed by atoms with Crippen LogP contribution < -0.4 is 10.4 Å². The van der Waals surface area contributed by atoms with Crippen molar-refractivity contribution >= 4 is 28.5 Å². The van der Waals surface area contributed by atoms with E-state index in [2.05, 4.69) is 10.3 Å². The molecule has 8 nitrogen and oxygen atoms in total. The van der Waals surface area contributed by atoms with Gasteiger partial charge >= 0.3 is 11.6 Å². The minimum atomic E-state index is -0.604. The zero-order valence-electron chi connectivity index (χ0n) is 15.7. The molecule has 152 valence electrons. The molecule has 0 radical (unpaired) electrons. The molecule has 0 atom stereocenters. The van der Waals surface area contributed by atoms with Gasteiger partial charge in [-0.3, -0.25) is 0 Å². The number of carbonyl (C=O) groups is 1. The molecule has 0 amide bonds. The molecular weight excluding hydrogens is 410 g/mol. The highest BCUT2D eigenvalue weighted by Crippen LogP contribution is 2.23. The Balaban J connectivity index is 1.32. The van der Waals surface area contributed by atoms with Gasteiger partial charge in [-0.05, 0) is 23.8 Å². The first-order chi connectivity index (χ1) is 14.6. The summed E-state index contributed by atoms with van der Waals surface area (Å²) < 4.78 is 17.3. The van der Waals surface area contributed by atoms with Crippen molar-refractivity contribution in [3.8, 4) is 5.75 Å². The van der Waals surface area contributed by atoms with E-state index < -0.39 is 11.6 Å². The van der Waals surface area contributed by atoms with Crippen molar-refractivity contribution in [1.82, 2.24) is 15.0 Å². The van der Waals surface area contributed by atoms with Crippen molar-refractivity contribution in [3.63, 3.8) is 0 Å². The molecule has 0 saturated heterocycles. The summed E-state index contributed by atoms with van der Waals surface area (Å²) in [4.78, 5) is 23.7. The van der Waals surface area contributed by atoms with Gasteiger partial charge in [-0.25, -0.2) is 14.3 Å². The van der Waals surface area contributed by atoms with E-state index in [1.165, 1.54) is 6.07 Å². The van der Waals surface area contributed by atoms with Crippen molar-refractivity contribution in [2.24, 2.45) is 0 Å². The number of hydrogen-bond acceptors (Lipinski definition) is 7. The van der Waals surface area contributed by atoms with Crippen LogP contribution in [0, 0.1) is 0 Å². The molecule has 0 bridgehead atoms. The third kappa shape index (κ3) is 4.66. The molecule has 4 rings (SSSR count). The lowest BCUT2D eigenvalue weighted by atomic mass is 10.2. The maximum absolute atomic E-state index is 12.0. The number of ether oxygens (including phenoxy) is 2. The molecular formula is C21H16ClN3O5. The van der Waals surface area contributed by atoms with Gasteiger partial charge in [-0.2, -0.15) is 0 Å². The van der Waals surface area contributed by atoms with Crippen LogP contribution in [-0.4, -0.2) is 27.6 Å². The number of halogens is 1. The van der Waals surface area contributed by atoms with Crippen LogP contribution in [0.1, 0.15) is 11.3 Å². The molecule has 2 aromatic carbocycles. The van der Waals surface area contributed by atoms with E-state index in [1.54, 1.807) is 41.2 Å². The maximum atomic E-state index is 12.0. The summed E-state index contributed by atoms with van der Waals surface area (Å²) >= 11 is 6.14. The molecule has 4 aromatic rings.